The van der Waals surface area contributed by atoms with Crippen LogP contribution in [0.15, 0.2) is 24.3 Å². The van der Waals surface area contributed by atoms with Gasteiger partial charge in [0.1, 0.15) is 11.9 Å². The highest BCUT2D eigenvalue weighted by Gasteiger charge is 2.25. The van der Waals surface area contributed by atoms with E-state index < -0.39 is 0 Å². The van der Waals surface area contributed by atoms with Crippen LogP contribution in [0.4, 0.5) is 0 Å². The molecule has 15 heavy (non-hydrogen) atoms. The summed E-state index contributed by atoms with van der Waals surface area (Å²) in [6.07, 6.45) is 3.79. The Bertz CT molecular complexity index is 324. The van der Waals surface area contributed by atoms with Gasteiger partial charge in [-0.2, -0.15) is 0 Å². The maximum absolute atomic E-state index is 5.96. The molecule has 0 aromatic heterocycles. The third kappa shape index (κ3) is 2.15. The van der Waals surface area contributed by atoms with Gasteiger partial charge in [-0.05, 0) is 19.5 Å². The zero-order valence-corrected chi connectivity index (χ0v) is 9.49. The van der Waals surface area contributed by atoms with Crippen molar-refractivity contribution < 1.29 is 4.74 Å². The van der Waals surface area contributed by atoms with E-state index in [1.165, 1.54) is 12.0 Å². The molecule has 0 saturated carbocycles. The fraction of sp³-hybridized carbons (Fsp3) is 0.538. The monoisotopic (exact) mass is 205 g/mol. The first-order valence-electron chi connectivity index (χ1n) is 5.78. The Morgan fingerprint density at radius 2 is 2.20 bits per heavy atom. The topological polar surface area (TPSA) is 21.3 Å². The van der Waals surface area contributed by atoms with Crippen LogP contribution >= 0.6 is 0 Å². The minimum atomic E-state index is 0.377. The molecule has 82 valence electrons. The van der Waals surface area contributed by atoms with Crippen molar-refractivity contribution >= 4 is 0 Å². The molecule has 1 aromatic carbocycles. The molecule has 1 aromatic rings. The molecule has 0 saturated heterocycles. The first-order valence-corrected chi connectivity index (χ1v) is 5.78. The maximum atomic E-state index is 5.96. The number of hydrogen-bond donors (Lipinski definition) is 1. The lowest BCUT2D eigenvalue weighted by Crippen LogP contribution is -2.31. The summed E-state index contributed by atoms with van der Waals surface area (Å²) in [5.74, 6) is 1.06. The minimum Gasteiger partial charge on any atom is -0.490 e. The fourth-order valence-electron chi connectivity index (χ4n) is 2.27. The standard InChI is InChI=1S/C13H19NO/c1-3-6-10-9-12(14-2)11-7-4-5-8-13(11)15-10/h4-5,7-8,10,12,14H,3,6,9H2,1-2H3. The molecule has 2 rings (SSSR count). The number of para-hydroxylation sites is 1. The fourth-order valence-corrected chi connectivity index (χ4v) is 2.27. The molecule has 1 aliphatic rings. The lowest BCUT2D eigenvalue weighted by molar-refractivity contribution is 0.142. The Morgan fingerprint density at radius 1 is 1.40 bits per heavy atom. The number of rotatable bonds is 3. The molecule has 0 bridgehead atoms. The highest BCUT2D eigenvalue weighted by atomic mass is 16.5. The molecule has 1 aliphatic heterocycles. The third-order valence-electron chi connectivity index (χ3n) is 3.05. The number of ether oxygens (including phenoxy) is 1. The summed E-state index contributed by atoms with van der Waals surface area (Å²) in [4.78, 5) is 0. The van der Waals surface area contributed by atoms with Crippen molar-refractivity contribution in [2.24, 2.45) is 0 Å². The average Bonchev–Trinajstić information content (AvgIpc) is 2.28. The summed E-state index contributed by atoms with van der Waals surface area (Å²) in [6.45, 7) is 2.21. The summed E-state index contributed by atoms with van der Waals surface area (Å²) < 4.78 is 5.96. The zero-order chi connectivity index (χ0) is 10.7. The van der Waals surface area contributed by atoms with Crippen molar-refractivity contribution in [1.29, 1.82) is 0 Å². The molecule has 2 heteroatoms. The minimum absolute atomic E-state index is 0.377. The van der Waals surface area contributed by atoms with Gasteiger partial charge in [-0.15, -0.1) is 0 Å². The van der Waals surface area contributed by atoms with Crippen LogP contribution in [0.1, 0.15) is 37.8 Å². The molecule has 2 nitrogen and oxygen atoms in total. The van der Waals surface area contributed by atoms with E-state index in [1.807, 2.05) is 13.1 Å². The Kier molecular flexibility index (Phi) is 3.27. The number of nitrogens with one attached hydrogen (secondary N) is 1. The van der Waals surface area contributed by atoms with E-state index in [2.05, 4.69) is 30.4 Å². The predicted molar refractivity (Wildman–Crippen MR) is 62.2 cm³/mol. The molecule has 1 heterocycles. The van der Waals surface area contributed by atoms with Crippen molar-refractivity contribution in [2.75, 3.05) is 7.05 Å². The SMILES string of the molecule is CCCC1CC(NC)c2ccccc2O1. The van der Waals surface area contributed by atoms with Crippen molar-refractivity contribution in [3.63, 3.8) is 0 Å². The van der Waals surface area contributed by atoms with E-state index in [0.29, 0.717) is 12.1 Å². The van der Waals surface area contributed by atoms with Crippen LogP contribution in [-0.4, -0.2) is 13.2 Å². The molecule has 0 amide bonds. The van der Waals surface area contributed by atoms with Gasteiger partial charge in [0, 0.05) is 18.0 Å². The number of fused-ring (bicyclic) bond motifs is 1. The van der Waals surface area contributed by atoms with Gasteiger partial charge in [0.05, 0.1) is 0 Å². The Balaban J connectivity index is 2.22. The molecule has 0 aliphatic carbocycles. The molecule has 2 atom stereocenters. The van der Waals surface area contributed by atoms with Crippen LogP contribution in [0, 0.1) is 0 Å². The van der Waals surface area contributed by atoms with Crippen LogP contribution in [0.5, 0.6) is 5.75 Å². The quantitative estimate of drug-likeness (QED) is 0.819. The lowest BCUT2D eigenvalue weighted by atomic mass is 9.95. The summed E-state index contributed by atoms with van der Waals surface area (Å²) in [5.41, 5.74) is 1.30. The molecule has 1 N–H and O–H groups in total. The van der Waals surface area contributed by atoms with E-state index in [-0.39, 0.29) is 0 Å². The zero-order valence-electron chi connectivity index (χ0n) is 9.49. The van der Waals surface area contributed by atoms with Gasteiger partial charge in [-0.25, -0.2) is 0 Å². The smallest absolute Gasteiger partial charge is 0.124 e. The second kappa shape index (κ2) is 4.67. The normalized spacial score (nSPS) is 24.4. The van der Waals surface area contributed by atoms with Gasteiger partial charge in [0.2, 0.25) is 0 Å². The van der Waals surface area contributed by atoms with Gasteiger partial charge in [0.25, 0.3) is 0 Å². The van der Waals surface area contributed by atoms with Crippen LogP contribution < -0.4 is 10.1 Å². The second-order valence-corrected chi connectivity index (χ2v) is 4.14. The molecular formula is C13H19NO. The summed E-state index contributed by atoms with van der Waals surface area (Å²) in [5, 5.41) is 3.37. The highest BCUT2D eigenvalue weighted by Crippen LogP contribution is 2.35. The van der Waals surface area contributed by atoms with Gasteiger partial charge in [-0.1, -0.05) is 31.5 Å². The summed E-state index contributed by atoms with van der Waals surface area (Å²) in [6, 6.07) is 8.79. The van der Waals surface area contributed by atoms with Crippen molar-refractivity contribution in [2.45, 2.75) is 38.3 Å². The Labute approximate surface area is 91.6 Å². The molecular weight excluding hydrogens is 186 g/mol. The van der Waals surface area contributed by atoms with E-state index in [9.17, 15) is 0 Å². The second-order valence-electron chi connectivity index (χ2n) is 4.14. The summed E-state index contributed by atoms with van der Waals surface area (Å²) >= 11 is 0. The van der Waals surface area contributed by atoms with E-state index in [4.69, 9.17) is 4.74 Å². The third-order valence-corrected chi connectivity index (χ3v) is 3.05. The lowest BCUT2D eigenvalue weighted by Gasteiger charge is -2.32. The molecule has 0 spiro atoms. The Morgan fingerprint density at radius 3 is 2.93 bits per heavy atom. The van der Waals surface area contributed by atoms with E-state index >= 15 is 0 Å². The maximum Gasteiger partial charge on any atom is 0.124 e. The van der Waals surface area contributed by atoms with Gasteiger partial charge in [0.15, 0.2) is 0 Å². The van der Waals surface area contributed by atoms with Crippen molar-refractivity contribution in [3.8, 4) is 5.75 Å². The van der Waals surface area contributed by atoms with Crippen molar-refractivity contribution in [1.82, 2.24) is 5.32 Å². The van der Waals surface area contributed by atoms with Crippen LogP contribution in [0.3, 0.4) is 0 Å². The van der Waals surface area contributed by atoms with Crippen LogP contribution in [-0.2, 0) is 0 Å². The average molecular weight is 205 g/mol. The first-order chi connectivity index (χ1) is 7.35. The largest absolute Gasteiger partial charge is 0.490 e. The van der Waals surface area contributed by atoms with E-state index in [1.54, 1.807) is 0 Å². The van der Waals surface area contributed by atoms with Crippen LogP contribution in [0.25, 0.3) is 0 Å². The van der Waals surface area contributed by atoms with Gasteiger partial charge in [-0.3, -0.25) is 0 Å². The van der Waals surface area contributed by atoms with Gasteiger partial charge < -0.3 is 10.1 Å². The number of benzene rings is 1. The molecule has 0 fully saturated rings. The van der Waals surface area contributed by atoms with Crippen LogP contribution in [0.2, 0.25) is 0 Å². The van der Waals surface area contributed by atoms with Crippen molar-refractivity contribution in [3.05, 3.63) is 29.8 Å². The molecule has 2 unspecified atom stereocenters. The summed E-state index contributed by atoms with van der Waals surface area (Å²) in [7, 11) is 2.02. The Hall–Kier alpha value is -1.02. The predicted octanol–water partition coefficient (Wildman–Crippen LogP) is 2.90. The highest BCUT2D eigenvalue weighted by molar-refractivity contribution is 5.37. The van der Waals surface area contributed by atoms with Gasteiger partial charge >= 0.3 is 0 Å². The molecule has 0 radical (unpaired) electrons. The first kappa shape index (κ1) is 10.5. The van der Waals surface area contributed by atoms with E-state index in [0.717, 1.165) is 18.6 Å². The number of hydrogen-bond acceptors (Lipinski definition) is 2.